The third-order valence-electron chi connectivity index (χ3n) is 7.79. The van der Waals surface area contributed by atoms with E-state index in [4.69, 9.17) is 24.1 Å². The summed E-state index contributed by atoms with van der Waals surface area (Å²) in [7, 11) is 0. The van der Waals surface area contributed by atoms with E-state index in [2.05, 4.69) is 39.0 Å². The first-order valence-electron chi connectivity index (χ1n) is 14.4. The summed E-state index contributed by atoms with van der Waals surface area (Å²) in [4.78, 5) is 10.8. The quantitative estimate of drug-likeness (QED) is 0.201. The molecule has 6 heteroatoms. The van der Waals surface area contributed by atoms with Gasteiger partial charge in [-0.1, -0.05) is 64.3 Å². The molecular weight excluding hydrogens is 456 g/mol. The monoisotopic (exact) mass is 506 g/mol. The second-order valence-corrected chi connectivity index (χ2v) is 11.7. The van der Waals surface area contributed by atoms with Gasteiger partial charge in [0, 0.05) is 30.8 Å². The Morgan fingerprint density at radius 1 is 1.11 bits per heavy atom. The fourth-order valence-electron chi connectivity index (χ4n) is 5.63. The van der Waals surface area contributed by atoms with Crippen molar-refractivity contribution in [3.8, 4) is 0 Å². The Morgan fingerprint density at radius 3 is 2.58 bits per heavy atom. The van der Waals surface area contributed by atoms with Crippen molar-refractivity contribution >= 4 is 5.97 Å². The van der Waals surface area contributed by atoms with Gasteiger partial charge in [-0.2, -0.15) is 0 Å². The first-order chi connectivity index (χ1) is 17.3. The highest BCUT2D eigenvalue weighted by Crippen LogP contribution is 2.50. The predicted molar refractivity (Wildman–Crippen MR) is 142 cm³/mol. The van der Waals surface area contributed by atoms with Gasteiger partial charge in [-0.15, -0.1) is 0 Å². The Morgan fingerprint density at radius 2 is 1.89 bits per heavy atom. The maximum absolute atomic E-state index is 10.8. The van der Waals surface area contributed by atoms with Gasteiger partial charge < -0.3 is 24.1 Å². The average Bonchev–Trinajstić information content (AvgIpc) is 3.19. The smallest absolute Gasteiger partial charge is 0.303 e. The van der Waals surface area contributed by atoms with Gasteiger partial charge in [-0.05, 0) is 57.3 Å². The SMILES string of the molecule is CCCCCC(C=CC1CCC2(OCC(C)(C)CO2)C1CCC=CCCC(=O)O)OC1CCCCO1. The van der Waals surface area contributed by atoms with Gasteiger partial charge in [0.1, 0.15) is 0 Å². The zero-order valence-electron chi connectivity index (χ0n) is 22.9. The van der Waals surface area contributed by atoms with Crippen molar-refractivity contribution in [3.63, 3.8) is 0 Å². The van der Waals surface area contributed by atoms with Gasteiger partial charge >= 0.3 is 5.97 Å². The molecule has 4 unspecified atom stereocenters. The Labute approximate surface area is 218 Å². The lowest BCUT2D eigenvalue weighted by molar-refractivity contribution is -0.316. The number of rotatable bonds is 14. The average molecular weight is 507 g/mol. The van der Waals surface area contributed by atoms with Crippen LogP contribution in [0, 0.1) is 17.3 Å². The number of hydrogen-bond acceptors (Lipinski definition) is 5. The van der Waals surface area contributed by atoms with Gasteiger partial charge in [-0.3, -0.25) is 4.79 Å². The molecule has 36 heavy (non-hydrogen) atoms. The molecule has 2 heterocycles. The van der Waals surface area contributed by atoms with Crippen molar-refractivity contribution in [1.82, 2.24) is 0 Å². The summed E-state index contributed by atoms with van der Waals surface area (Å²) >= 11 is 0. The van der Waals surface area contributed by atoms with E-state index in [-0.39, 0.29) is 30.1 Å². The molecule has 1 N–H and O–H groups in total. The van der Waals surface area contributed by atoms with Crippen LogP contribution in [0.4, 0.5) is 0 Å². The Kier molecular flexibility index (Phi) is 11.9. The maximum Gasteiger partial charge on any atom is 0.303 e. The van der Waals surface area contributed by atoms with E-state index < -0.39 is 11.8 Å². The zero-order valence-corrected chi connectivity index (χ0v) is 22.9. The number of aliphatic carboxylic acids is 1. The summed E-state index contributed by atoms with van der Waals surface area (Å²) < 4.78 is 25.3. The first kappa shape index (κ1) is 29.3. The van der Waals surface area contributed by atoms with Gasteiger partial charge in [0.15, 0.2) is 12.1 Å². The molecule has 3 fully saturated rings. The maximum atomic E-state index is 10.8. The Bertz CT molecular complexity index is 698. The normalized spacial score (nSPS) is 28.8. The van der Waals surface area contributed by atoms with Crippen molar-refractivity contribution < 1.29 is 28.8 Å². The van der Waals surface area contributed by atoms with E-state index in [1.807, 2.05) is 6.08 Å². The van der Waals surface area contributed by atoms with Crippen LogP contribution in [0.1, 0.15) is 104 Å². The van der Waals surface area contributed by atoms with Crippen LogP contribution in [-0.4, -0.2) is 49.1 Å². The number of ether oxygens (including phenoxy) is 4. The zero-order chi connectivity index (χ0) is 25.9. The standard InChI is InChI=1S/C30H50O6/c1-4-5-8-13-25(36-28-16-11-12-21-33-28)18-17-24-19-20-30(34-22-29(2,3)23-35-30)26(24)14-9-6-7-10-15-27(31)32/h6-7,17-18,24-26,28H,4-5,8-16,19-23H2,1-3H3,(H,31,32). The lowest BCUT2D eigenvalue weighted by Crippen LogP contribution is -2.50. The number of hydrogen-bond donors (Lipinski definition) is 1. The molecule has 4 atom stereocenters. The molecule has 206 valence electrons. The molecule has 1 aliphatic carbocycles. The van der Waals surface area contributed by atoms with Crippen LogP contribution in [0.5, 0.6) is 0 Å². The van der Waals surface area contributed by atoms with Crippen molar-refractivity contribution in [2.45, 2.75) is 122 Å². The molecule has 1 spiro atoms. The number of carboxylic acid groups (broad SMARTS) is 1. The molecule has 3 rings (SSSR count). The van der Waals surface area contributed by atoms with Crippen LogP contribution >= 0.6 is 0 Å². The molecule has 0 radical (unpaired) electrons. The minimum absolute atomic E-state index is 0.0403. The largest absolute Gasteiger partial charge is 0.481 e. The van der Waals surface area contributed by atoms with Gasteiger partial charge in [0.2, 0.25) is 0 Å². The van der Waals surface area contributed by atoms with E-state index in [1.54, 1.807) is 0 Å². The van der Waals surface area contributed by atoms with E-state index in [9.17, 15) is 4.79 Å². The molecule has 0 aromatic rings. The van der Waals surface area contributed by atoms with Gasteiger partial charge in [0.05, 0.1) is 19.3 Å². The molecular formula is C30H50O6. The molecule has 0 amide bonds. The molecule has 6 nitrogen and oxygen atoms in total. The van der Waals surface area contributed by atoms with Crippen LogP contribution in [0.25, 0.3) is 0 Å². The van der Waals surface area contributed by atoms with E-state index in [0.717, 1.165) is 64.8 Å². The topological polar surface area (TPSA) is 74.2 Å². The molecule has 1 saturated carbocycles. The third kappa shape index (κ3) is 9.27. The molecule has 0 aromatic heterocycles. The van der Waals surface area contributed by atoms with Gasteiger partial charge in [-0.25, -0.2) is 0 Å². The number of allylic oxidation sites excluding steroid dienone is 3. The summed E-state index contributed by atoms with van der Waals surface area (Å²) in [6.07, 6.45) is 21.3. The molecule has 2 aliphatic heterocycles. The first-order valence-corrected chi connectivity index (χ1v) is 14.4. The summed E-state index contributed by atoms with van der Waals surface area (Å²) in [5.41, 5.74) is 0.0403. The highest BCUT2D eigenvalue weighted by Gasteiger charge is 2.52. The minimum Gasteiger partial charge on any atom is -0.481 e. The van der Waals surface area contributed by atoms with Crippen LogP contribution in [0.3, 0.4) is 0 Å². The Hall–Kier alpha value is -1.21. The van der Waals surface area contributed by atoms with E-state index in [1.165, 1.54) is 25.7 Å². The Balaban J connectivity index is 1.65. The highest BCUT2D eigenvalue weighted by molar-refractivity contribution is 5.66. The van der Waals surface area contributed by atoms with Crippen molar-refractivity contribution in [1.29, 1.82) is 0 Å². The molecule has 2 saturated heterocycles. The summed E-state index contributed by atoms with van der Waals surface area (Å²) in [5.74, 6) is -0.607. The molecule has 0 aromatic carbocycles. The molecule has 3 aliphatic rings. The van der Waals surface area contributed by atoms with Crippen LogP contribution in [0.2, 0.25) is 0 Å². The number of carboxylic acids is 1. The van der Waals surface area contributed by atoms with Gasteiger partial charge in [0.25, 0.3) is 0 Å². The third-order valence-corrected chi connectivity index (χ3v) is 7.79. The highest BCUT2D eigenvalue weighted by atomic mass is 16.7. The second-order valence-electron chi connectivity index (χ2n) is 11.7. The summed E-state index contributed by atoms with van der Waals surface area (Å²) in [6, 6.07) is 0. The number of unbranched alkanes of at least 4 members (excludes halogenated alkanes) is 2. The summed E-state index contributed by atoms with van der Waals surface area (Å²) in [6.45, 7) is 8.86. The number of carbonyl (C=O) groups is 1. The molecule has 0 bridgehead atoms. The van der Waals surface area contributed by atoms with Crippen LogP contribution in [-0.2, 0) is 23.7 Å². The lowest BCUT2D eigenvalue weighted by Gasteiger charge is -2.45. The van der Waals surface area contributed by atoms with Crippen LogP contribution in [0.15, 0.2) is 24.3 Å². The van der Waals surface area contributed by atoms with Crippen molar-refractivity contribution in [2.75, 3.05) is 19.8 Å². The van der Waals surface area contributed by atoms with Crippen molar-refractivity contribution in [3.05, 3.63) is 24.3 Å². The van der Waals surface area contributed by atoms with E-state index >= 15 is 0 Å². The second kappa shape index (κ2) is 14.7. The van der Waals surface area contributed by atoms with Crippen LogP contribution < -0.4 is 0 Å². The van der Waals surface area contributed by atoms with Crippen molar-refractivity contribution in [2.24, 2.45) is 17.3 Å². The predicted octanol–water partition coefficient (Wildman–Crippen LogP) is 7.03. The fourth-order valence-corrected chi connectivity index (χ4v) is 5.63. The summed E-state index contributed by atoms with van der Waals surface area (Å²) in [5, 5.41) is 8.87. The minimum atomic E-state index is -0.749. The fraction of sp³-hybridized carbons (Fsp3) is 0.833. The van der Waals surface area contributed by atoms with E-state index in [0.29, 0.717) is 12.3 Å². The lowest BCUT2D eigenvalue weighted by atomic mass is 9.85.